The van der Waals surface area contributed by atoms with Gasteiger partial charge in [-0.25, -0.2) is 23.1 Å². The molecule has 4 rings (SSSR count). The van der Waals surface area contributed by atoms with Crippen molar-refractivity contribution in [3.63, 3.8) is 0 Å². The number of aromatic nitrogens is 2. The van der Waals surface area contributed by atoms with Crippen molar-refractivity contribution >= 4 is 21.7 Å². The van der Waals surface area contributed by atoms with Crippen LogP contribution in [0.5, 0.6) is 0 Å². The second kappa shape index (κ2) is 7.86. The van der Waals surface area contributed by atoms with Gasteiger partial charge in [0.2, 0.25) is 16.0 Å². The number of rotatable bonds is 6. The number of benzene rings is 1. The SMILES string of the molecule is CN(C)c1ccc(-c2ccnc(NC3COC4C(NS(C)(=O)=O)COC34)n2)cc1. The van der Waals surface area contributed by atoms with Crippen molar-refractivity contribution in [2.75, 3.05) is 43.8 Å². The molecule has 0 radical (unpaired) electrons. The lowest BCUT2D eigenvalue weighted by molar-refractivity contribution is 0.0690. The van der Waals surface area contributed by atoms with Gasteiger partial charge < -0.3 is 19.7 Å². The summed E-state index contributed by atoms with van der Waals surface area (Å²) in [6, 6.07) is 9.46. The highest BCUT2D eigenvalue weighted by Gasteiger charge is 2.48. The van der Waals surface area contributed by atoms with E-state index in [1.54, 1.807) is 6.20 Å². The van der Waals surface area contributed by atoms with Crippen molar-refractivity contribution in [2.45, 2.75) is 24.3 Å². The Morgan fingerprint density at radius 3 is 2.34 bits per heavy atom. The Hall–Kier alpha value is -2.27. The molecular weight excluding hydrogens is 394 g/mol. The molecule has 2 fully saturated rings. The monoisotopic (exact) mass is 419 g/mol. The van der Waals surface area contributed by atoms with E-state index in [1.807, 2.05) is 49.3 Å². The largest absolute Gasteiger partial charge is 0.378 e. The van der Waals surface area contributed by atoms with Gasteiger partial charge in [0, 0.05) is 31.5 Å². The summed E-state index contributed by atoms with van der Waals surface area (Å²) in [6.45, 7) is 0.669. The van der Waals surface area contributed by atoms with Crippen LogP contribution in [0.4, 0.5) is 11.6 Å². The van der Waals surface area contributed by atoms with E-state index in [-0.39, 0.29) is 30.9 Å². The highest BCUT2D eigenvalue weighted by molar-refractivity contribution is 7.88. The van der Waals surface area contributed by atoms with E-state index in [0.29, 0.717) is 12.6 Å². The van der Waals surface area contributed by atoms with Crippen LogP contribution >= 0.6 is 0 Å². The lowest BCUT2D eigenvalue weighted by Gasteiger charge is -2.18. The van der Waals surface area contributed by atoms with Gasteiger partial charge in [0.15, 0.2) is 0 Å². The zero-order chi connectivity index (χ0) is 20.6. The second-order valence-electron chi connectivity index (χ2n) is 7.55. The quantitative estimate of drug-likeness (QED) is 0.705. The van der Waals surface area contributed by atoms with Crippen molar-refractivity contribution in [2.24, 2.45) is 0 Å². The van der Waals surface area contributed by atoms with E-state index >= 15 is 0 Å². The number of hydrogen-bond donors (Lipinski definition) is 2. The molecule has 29 heavy (non-hydrogen) atoms. The molecule has 0 aliphatic carbocycles. The summed E-state index contributed by atoms with van der Waals surface area (Å²) < 4.78 is 37.2. The number of ether oxygens (including phenoxy) is 2. The molecule has 3 heterocycles. The maximum Gasteiger partial charge on any atom is 0.223 e. The maximum atomic E-state index is 11.5. The summed E-state index contributed by atoms with van der Waals surface area (Å²) in [4.78, 5) is 11.0. The fraction of sp³-hybridized carbons (Fsp3) is 0.474. The average Bonchev–Trinajstić information content (AvgIpc) is 3.25. The van der Waals surface area contributed by atoms with E-state index in [0.717, 1.165) is 23.2 Å². The number of nitrogens with zero attached hydrogens (tertiary/aromatic N) is 3. The smallest absolute Gasteiger partial charge is 0.223 e. The number of fused-ring (bicyclic) bond motifs is 1. The van der Waals surface area contributed by atoms with Gasteiger partial charge in [-0.2, -0.15) is 0 Å². The van der Waals surface area contributed by atoms with Gasteiger partial charge >= 0.3 is 0 Å². The first-order valence-electron chi connectivity index (χ1n) is 9.38. The van der Waals surface area contributed by atoms with E-state index in [9.17, 15) is 8.42 Å². The predicted octanol–water partition coefficient (Wildman–Crippen LogP) is 0.706. The number of nitrogens with one attached hydrogen (secondary N) is 2. The first-order valence-corrected chi connectivity index (χ1v) is 11.3. The Kier molecular flexibility index (Phi) is 5.43. The predicted molar refractivity (Wildman–Crippen MR) is 110 cm³/mol. The van der Waals surface area contributed by atoms with Gasteiger partial charge in [-0.15, -0.1) is 0 Å². The molecule has 1 aromatic heterocycles. The summed E-state index contributed by atoms with van der Waals surface area (Å²) in [5.74, 6) is 0.483. The van der Waals surface area contributed by atoms with Crippen molar-refractivity contribution < 1.29 is 17.9 Å². The second-order valence-corrected chi connectivity index (χ2v) is 9.33. The molecule has 2 saturated heterocycles. The molecule has 2 aliphatic rings. The first-order chi connectivity index (χ1) is 13.8. The van der Waals surface area contributed by atoms with Crippen LogP contribution in [0.25, 0.3) is 11.3 Å². The lowest BCUT2D eigenvalue weighted by Crippen LogP contribution is -2.44. The number of hydrogen-bond acceptors (Lipinski definition) is 8. The Morgan fingerprint density at radius 1 is 1.03 bits per heavy atom. The van der Waals surface area contributed by atoms with E-state index in [2.05, 4.69) is 20.0 Å². The van der Waals surface area contributed by atoms with Crippen LogP contribution in [0.2, 0.25) is 0 Å². The van der Waals surface area contributed by atoms with E-state index in [4.69, 9.17) is 9.47 Å². The number of sulfonamides is 1. The Bertz CT molecular complexity index is 967. The first kappa shape index (κ1) is 20.0. The molecule has 0 amide bonds. The van der Waals surface area contributed by atoms with Gasteiger partial charge in [0.25, 0.3) is 0 Å². The lowest BCUT2D eigenvalue weighted by atomic mass is 10.1. The fourth-order valence-electron chi connectivity index (χ4n) is 3.68. The Morgan fingerprint density at radius 2 is 1.69 bits per heavy atom. The van der Waals surface area contributed by atoms with Crippen LogP contribution in [0, 0.1) is 0 Å². The zero-order valence-electron chi connectivity index (χ0n) is 16.6. The van der Waals surface area contributed by atoms with Crippen LogP contribution in [-0.2, 0) is 19.5 Å². The summed E-state index contributed by atoms with van der Waals surface area (Å²) in [5, 5.41) is 3.28. The van der Waals surface area contributed by atoms with E-state index < -0.39 is 10.0 Å². The topological polar surface area (TPSA) is 106 Å². The highest BCUT2D eigenvalue weighted by atomic mass is 32.2. The maximum absolute atomic E-state index is 11.5. The van der Waals surface area contributed by atoms with Crippen LogP contribution in [0.15, 0.2) is 36.5 Å². The third-order valence-corrected chi connectivity index (χ3v) is 5.80. The third-order valence-electron chi connectivity index (χ3n) is 5.07. The van der Waals surface area contributed by atoms with Crippen LogP contribution in [-0.4, -0.2) is 76.2 Å². The Balaban J connectivity index is 1.45. The van der Waals surface area contributed by atoms with Crippen LogP contribution in [0.1, 0.15) is 0 Å². The highest BCUT2D eigenvalue weighted by Crippen LogP contribution is 2.29. The molecule has 0 saturated carbocycles. The van der Waals surface area contributed by atoms with Gasteiger partial charge in [0.05, 0.1) is 37.2 Å². The standard InChI is InChI=1S/C19H25N5O4S/c1-24(2)13-6-4-12(5-7-13)14-8-9-20-19(21-14)22-15-10-27-18-16(11-28-17(15)18)23-29(3,25)26/h4-9,15-18,23H,10-11H2,1-3H3,(H,20,21,22). The molecule has 2 aliphatic heterocycles. The fourth-order valence-corrected chi connectivity index (χ4v) is 4.44. The molecule has 0 spiro atoms. The zero-order valence-corrected chi connectivity index (χ0v) is 17.4. The van der Waals surface area contributed by atoms with Gasteiger partial charge in [-0.05, 0) is 18.2 Å². The Labute approximate surface area is 170 Å². The number of anilines is 2. The summed E-state index contributed by atoms with van der Waals surface area (Å²) >= 11 is 0. The van der Waals surface area contributed by atoms with Crippen molar-refractivity contribution in [1.29, 1.82) is 0 Å². The summed E-state index contributed by atoms with van der Waals surface area (Å²) in [7, 11) is 0.674. The average molecular weight is 420 g/mol. The van der Waals surface area contributed by atoms with Gasteiger partial charge in [0.1, 0.15) is 12.2 Å². The summed E-state index contributed by atoms with van der Waals surface area (Å²) in [6.07, 6.45) is 2.25. The summed E-state index contributed by atoms with van der Waals surface area (Å²) in [5.41, 5.74) is 2.93. The molecule has 4 unspecified atom stereocenters. The molecular formula is C19H25N5O4S. The normalized spacial score (nSPS) is 26.3. The molecule has 2 aromatic rings. The molecule has 9 nitrogen and oxygen atoms in total. The molecule has 0 bridgehead atoms. The van der Waals surface area contributed by atoms with Gasteiger partial charge in [-0.3, -0.25) is 0 Å². The van der Waals surface area contributed by atoms with Crippen molar-refractivity contribution in [3.05, 3.63) is 36.5 Å². The van der Waals surface area contributed by atoms with Crippen LogP contribution in [0.3, 0.4) is 0 Å². The van der Waals surface area contributed by atoms with E-state index in [1.165, 1.54) is 0 Å². The van der Waals surface area contributed by atoms with Crippen molar-refractivity contribution in [1.82, 2.24) is 14.7 Å². The van der Waals surface area contributed by atoms with Crippen molar-refractivity contribution in [3.8, 4) is 11.3 Å². The minimum Gasteiger partial charge on any atom is -0.378 e. The van der Waals surface area contributed by atoms with Gasteiger partial charge in [-0.1, -0.05) is 12.1 Å². The molecule has 1 aromatic carbocycles. The molecule has 10 heteroatoms. The van der Waals surface area contributed by atoms with Crippen LogP contribution < -0.4 is 14.9 Å². The third kappa shape index (κ3) is 4.50. The molecule has 2 N–H and O–H groups in total. The molecule has 4 atom stereocenters. The minimum absolute atomic E-state index is 0.155. The molecule has 156 valence electrons. The minimum atomic E-state index is -3.33.